The second-order valence-corrected chi connectivity index (χ2v) is 6.79. The van der Waals surface area contributed by atoms with Gasteiger partial charge in [-0.3, -0.25) is 4.79 Å². The summed E-state index contributed by atoms with van der Waals surface area (Å²) in [7, 11) is 0. The number of benzene rings is 2. The molecule has 0 N–H and O–H groups in total. The van der Waals surface area contributed by atoms with Gasteiger partial charge in [0.1, 0.15) is 5.75 Å². The minimum Gasteiger partial charge on any atom is -0.482 e. The molecule has 0 bridgehead atoms. The molecular weight excluding hydrogens is 368 g/mol. The fourth-order valence-electron chi connectivity index (χ4n) is 2.83. The van der Waals surface area contributed by atoms with Gasteiger partial charge >= 0.3 is 0 Å². The van der Waals surface area contributed by atoms with Gasteiger partial charge in [0.05, 0.1) is 5.56 Å². The van der Waals surface area contributed by atoms with Crippen molar-refractivity contribution in [3.63, 3.8) is 0 Å². The molecule has 2 atom stereocenters. The quantitative estimate of drug-likeness (QED) is 0.522. The number of unbranched alkanes of at least 4 members (excludes halogenated alkanes) is 1. The van der Waals surface area contributed by atoms with Crippen molar-refractivity contribution in [2.75, 3.05) is 11.9 Å². The fraction of sp³-hybridized carbons (Fsp3) is 0.350. The van der Waals surface area contributed by atoms with Crippen LogP contribution in [-0.4, -0.2) is 23.8 Å². The van der Waals surface area contributed by atoms with Crippen LogP contribution < -0.4 is 4.74 Å². The maximum absolute atomic E-state index is 12.9. The number of halogens is 1. The number of fused-ring (bicyclic) bond motifs is 1. The third-order valence-electron chi connectivity index (χ3n) is 4.17. The van der Waals surface area contributed by atoms with Gasteiger partial charge in [0.15, 0.2) is 18.0 Å². The lowest BCUT2D eigenvalue weighted by atomic mass is 9.93. The van der Waals surface area contributed by atoms with Gasteiger partial charge in [0.2, 0.25) is 0 Å². The monoisotopic (exact) mass is 388 g/mol. The molecular formula is C20H21BrO3. The Bertz CT molecular complexity index is 696. The number of ether oxygens (including phenoxy) is 2. The van der Waals surface area contributed by atoms with Crippen molar-refractivity contribution < 1.29 is 14.3 Å². The van der Waals surface area contributed by atoms with E-state index in [0.29, 0.717) is 17.9 Å². The molecule has 3 nitrogen and oxygen atoms in total. The van der Waals surface area contributed by atoms with Gasteiger partial charge in [-0.2, -0.15) is 0 Å². The zero-order valence-electron chi connectivity index (χ0n) is 13.7. The normalized spacial score (nSPS) is 19.7. The average molecular weight is 389 g/mol. The molecule has 0 aromatic heterocycles. The molecule has 1 heterocycles. The summed E-state index contributed by atoms with van der Waals surface area (Å²) < 4.78 is 12.1. The van der Waals surface area contributed by atoms with Crippen LogP contribution in [-0.2, 0) is 4.74 Å². The van der Waals surface area contributed by atoms with E-state index in [2.05, 4.69) is 15.9 Å². The second-order valence-electron chi connectivity index (χ2n) is 6.00. The SMILES string of the molecule is Cc1ccc(C2Oc3ccccc3C(=O)C2OCCCCBr)cc1. The van der Waals surface area contributed by atoms with Crippen LogP contribution in [0.25, 0.3) is 0 Å². The summed E-state index contributed by atoms with van der Waals surface area (Å²) in [4.78, 5) is 12.9. The Balaban J connectivity index is 1.88. The Morgan fingerprint density at radius 2 is 1.83 bits per heavy atom. The molecule has 2 aromatic rings. The third kappa shape index (κ3) is 3.70. The van der Waals surface area contributed by atoms with Crippen LogP contribution in [0.4, 0.5) is 0 Å². The van der Waals surface area contributed by atoms with Gasteiger partial charge in [-0.15, -0.1) is 0 Å². The topological polar surface area (TPSA) is 35.5 Å². The van der Waals surface area contributed by atoms with Crippen molar-refractivity contribution in [3.05, 3.63) is 65.2 Å². The first-order chi connectivity index (χ1) is 11.7. The van der Waals surface area contributed by atoms with E-state index < -0.39 is 12.2 Å². The third-order valence-corrected chi connectivity index (χ3v) is 4.73. The van der Waals surface area contributed by atoms with Crippen LogP contribution in [0.5, 0.6) is 5.75 Å². The lowest BCUT2D eigenvalue weighted by Gasteiger charge is -2.32. The molecule has 0 amide bonds. The summed E-state index contributed by atoms with van der Waals surface area (Å²) in [6, 6.07) is 15.5. The van der Waals surface area contributed by atoms with E-state index in [9.17, 15) is 4.79 Å². The van der Waals surface area contributed by atoms with Crippen molar-refractivity contribution in [2.24, 2.45) is 0 Å². The van der Waals surface area contributed by atoms with E-state index >= 15 is 0 Å². The molecule has 0 spiro atoms. The molecule has 1 aliphatic rings. The Kier molecular flexibility index (Phi) is 5.69. The Labute approximate surface area is 151 Å². The number of hydrogen-bond acceptors (Lipinski definition) is 3. The maximum Gasteiger partial charge on any atom is 0.199 e. The van der Waals surface area contributed by atoms with Crippen LogP contribution in [0.1, 0.15) is 40.4 Å². The largest absolute Gasteiger partial charge is 0.482 e. The predicted molar refractivity (Wildman–Crippen MR) is 98.1 cm³/mol. The number of alkyl halides is 1. The summed E-state index contributed by atoms with van der Waals surface area (Å²) in [5, 5.41) is 0.940. The van der Waals surface area contributed by atoms with Gasteiger partial charge < -0.3 is 9.47 Å². The molecule has 4 heteroatoms. The number of aryl methyl sites for hydroxylation is 1. The molecule has 0 radical (unpaired) electrons. The highest BCUT2D eigenvalue weighted by molar-refractivity contribution is 9.09. The smallest absolute Gasteiger partial charge is 0.199 e. The van der Waals surface area contributed by atoms with Crippen molar-refractivity contribution in [1.82, 2.24) is 0 Å². The van der Waals surface area contributed by atoms with E-state index in [1.54, 1.807) is 6.07 Å². The van der Waals surface area contributed by atoms with Gasteiger partial charge in [-0.1, -0.05) is 57.9 Å². The minimum absolute atomic E-state index is 0.00117. The van der Waals surface area contributed by atoms with Gasteiger partial charge in [-0.25, -0.2) is 0 Å². The molecule has 0 saturated heterocycles. The highest BCUT2D eigenvalue weighted by Gasteiger charge is 2.38. The van der Waals surface area contributed by atoms with E-state index in [4.69, 9.17) is 9.47 Å². The van der Waals surface area contributed by atoms with E-state index in [1.807, 2.05) is 49.4 Å². The first-order valence-electron chi connectivity index (χ1n) is 8.24. The Hall–Kier alpha value is -1.65. The molecule has 3 rings (SSSR count). The second kappa shape index (κ2) is 7.95. The number of rotatable bonds is 6. The lowest BCUT2D eigenvalue weighted by Crippen LogP contribution is -2.38. The Morgan fingerprint density at radius 3 is 2.58 bits per heavy atom. The summed E-state index contributed by atoms with van der Waals surface area (Å²) in [6.07, 6.45) is 0.931. The first-order valence-corrected chi connectivity index (χ1v) is 9.37. The molecule has 2 aromatic carbocycles. The van der Waals surface area contributed by atoms with E-state index in [0.717, 1.165) is 23.7 Å². The molecule has 0 saturated carbocycles. The number of Topliss-reactive ketones (excluding diaryl/α,β-unsaturated/α-hetero) is 1. The van der Waals surface area contributed by atoms with Crippen LogP contribution in [0, 0.1) is 6.92 Å². The zero-order valence-corrected chi connectivity index (χ0v) is 15.3. The molecule has 0 aliphatic carbocycles. The summed E-state index contributed by atoms with van der Waals surface area (Å²) >= 11 is 3.42. The number of hydrogen-bond donors (Lipinski definition) is 0. The first kappa shape index (κ1) is 17.2. The summed E-state index contributed by atoms with van der Waals surface area (Å²) in [6.45, 7) is 2.59. The van der Waals surface area contributed by atoms with Crippen LogP contribution in [0.2, 0.25) is 0 Å². The number of carbonyl (C=O) groups is 1. The summed E-state index contributed by atoms with van der Waals surface area (Å²) in [5.74, 6) is 0.634. The Morgan fingerprint density at radius 1 is 1.08 bits per heavy atom. The fourth-order valence-corrected chi connectivity index (χ4v) is 3.23. The molecule has 1 aliphatic heterocycles. The van der Waals surface area contributed by atoms with E-state index in [-0.39, 0.29) is 5.78 Å². The highest BCUT2D eigenvalue weighted by Crippen LogP contribution is 2.36. The van der Waals surface area contributed by atoms with Crippen molar-refractivity contribution >= 4 is 21.7 Å². The lowest BCUT2D eigenvalue weighted by molar-refractivity contribution is -0.0224. The van der Waals surface area contributed by atoms with Gasteiger partial charge in [0, 0.05) is 11.9 Å². The van der Waals surface area contributed by atoms with E-state index in [1.165, 1.54) is 5.56 Å². The molecule has 24 heavy (non-hydrogen) atoms. The van der Waals surface area contributed by atoms with Crippen LogP contribution in [0.3, 0.4) is 0 Å². The minimum atomic E-state index is -0.599. The maximum atomic E-state index is 12.9. The zero-order chi connectivity index (χ0) is 16.9. The van der Waals surface area contributed by atoms with Crippen LogP contribution in [0.15, 0.2) is 48.5 Å². The average Bonchev–Trinajstić information content (AvgIpc) is 2.61. The number of carbonyl (C=O) groups excluding carboxylic acids is 1. The van der Waals surface area contributed by atoms with Crippen molar-refractivity contribution in [2.45, 2.75) is 32.0 Å². The predicted octanol–water partition coefficient (Wildman–Crippen LogP) is 4.87. The molecule has 126 valence electrons. The van der Waals surface area contributed by atoms with Gasteiger partial charge in [0.25, 0.3) is 0 Å². The molecule has 0 fully saturated rings. The highest BCUT2D eigenvalue weighted by atomic mass is 79.9. The number of para-hydroxylation sites is 1. The molecule has 2 unspecified atom stereocenters. The standard InChI is InChI=1S/C20H21BrO3/c1-14-8-10-15(11-9-14)19-20(23-13-5-4-12-21)18(22)16-6-2-3-7-17(16)24-19/h2-3,6-11,19-20H,4-5,12-13H2,1H3. The number of ketones is 1. The van der Waals surface area contributed by atoms with Crippen LogP contribution >= 0.6 is 15.9 Å². The van der Waals surface area contributed by atoms with Crippen molar-refractivity contribution in [3.8, 4) is 5.75 Å². The van der Waals surface area contributed by atoms with Gasteiger partial charge in [-0.05, 0) is 37.5 Å². The van der Waals surface area contributed by atoms with Crippen molar-refractivity contribution in [1.29, 1.82) is 0 Å². The summed E-state index contributed by atoms with van der Waals surface area (Å²) in [5.41, 5.74) is 2.75.